The highest BCUT2D eigenvalue weighted by Gasteiger charge is 2.24. The van der Waals surface area contributed by atoms with E-state index in [9.17, 15) is 14.3 Å². The number of hydrogen-bond acceptors (Lipinski definition) is 7. The standard InChI is InChI=1S/C45H78NO7P/c1-3-5-7-9-11-13-15-17-19-21-22-23-24-26-28-30-32-34-36-38-45(47)51-42-44(43-53-54(48,49)52-41-39-46)50-40-37-35-33-31-29-27-25-20-18-16-14-12-10-8-6-4-2/h5,7,11,13,17,19,22-23,26,28,32,34,37,40,44H,3-4,6,8-10,12,14-16,18,20-21,24-25,27,29-31,33,35-36,38-39,41-43,46H2,1-2H3,(H,48,49). The fourth-order valence-electron chi connectivity index (χ4n) is 5.30. The Morgan fingerprint density at radius 2 is 1.06 bits per heavy atom. The molecule has 0 aliphatic rings. The minimum Gasteiger partial charge on any atom is -0.492 e. The molecule has 0 bridgehead atoms. The number of carbonyl (C=O) groups is 1. The minimum atomic E-state index is -4.29. The first-order valence-electron chi connectivity index (χ1n) is 21.1. The van der Waals surface area contributed by atoms with Crippen LogP contribution in [0.3, 0.4) is 0 Å². The highest BCUT2D eigenvalue weighted by Crippen LogP contribution is 2.43. The van der Waals surface area contributed by atoms with Crippen molar-refractivity contribution in [3.8, 4) is 0 Å². The highest BCUT2D eigenvalue weighted by molar-refractivity contribution is 7.47. The Balaban J connectivity index is 4.23. The van der Waals surface area contributed by atoms with E-state index in [4.69, 9.17) is 24.3 Å². The molecule has 0 radical (unpaired) electrons. The van der Waals surface area contributed by atoms with Crippen LogP contribution in [0.2, 0.25) is 0 Å². The molecule has 0 spiro atoms. The van der Waals surface area contributed by atoms with Crippen molar-refractivity contribution < 1.29 is 32.8 Å². The predicted octanol–water partition coefficient (Wildman–Crippen LogP) is 12.9. The number of esters is 1. The molecule has 0 aromatic rings. The second-order valence-electron chi connectivity index (χ2n) is 13.5. The molecule has 0 heterocycles. The summed E-state index contributed by atoms with van der Waals surface area (Å²) in [4.78, 5) is 22.2. The van der Waals surface area contributed by atoms with Crippen molar-refractivity contribution in [1.82, 2.24) is 0 Å². The minimum absolute atomic E-state index is 0.0875. The lowest BCUT2D eigenvalue weighted by atomic mass is 10.0. The normalized spacial score (nSPS) is 14.3. The number of allylic oxidation sites excluding steroid dienone is 13. The third kappa shape index (κ3) is 40.7. The number of ether oxygens (including phenoxy) is 2. The molecule has 9 heteroatoms. The molecule has 0 saturated carbocycles. The van der Waals surface area contributed by atoms with E-state index in [0.717, 1.165) is 51.4 Å². The van der Waals surface area contributed by atoms with Gasteiger partial charge >= 0.3 is 13.8 Å². The number of unbranched alkanes of at least 4 members (excludes halogenated alkanes) is 14. The largest absolute Gasteiger partial charge is 0.492 e. The molecule has 0 aromatic heterocycles. The topological polar surface area (TPSA) is 117 Å². The number of phosphoric acid groups is 1. The van der Waals surface area contributed by atoms with Crippen molar-refractivity contribution in [1.29, 1.82) is 0 Å². The van der Waals surface area contributed by atoms with Gasteiger partial charge in [0.15, 0.2) is 6.10 Å². The van der Waals surface area contributed by atoms with E-state index >= 15 is 0 Å². The zero-order chi connectivity index (χ0) is 39.5. The van der Waals surface area contributed by atoms with E-state index in [-0.39, 0.29) is 38.8 Å². The molecular formula is C45H78NO7P. The summed E-state index contributed by atoms with van der Waals surface area (Å²) in [6.45, 7) is 4.00. The molecule has 2 atom stereocenters. The van der Waals surface area contributed by atoms with Crippen LogP contribution in [-0.4, -0.2) is 43.3 Å². The van der Waals surface area contributed by atoms with Crippen LogP contribution in [0, 0.1) is 0 Å². The lowest BCUT2D eigenvalue weighted by molar-refractivity contribution is -0.147. The average Bonchev–Trinajstić information content (AvgIpc) is 3.16. The van der Waals surface area contributed by atoms with Gasteiger partial charge in [-0.25, -0.2) is 4.57 Å². The lowest BCUT2D eigenvalue weighted by Crippen LogP contribution is -2.25. The van der Waals surface area contributed by atoms with Crippen LogP contribution >= 0.6 is 7.82 Å². The smallest absolute Gasteiger partial charge is 0.472 e. The van der Waals surface area contributed by atoms with E-state index in [0.29, 0.717) is 6.42 Å². The summed E-state index contributed by atoms with van der Waals surface area (Å²) >= 11 is 0. The first-order valence-corrected chi connectivity index (χ1v) is 22.6. The van der Waals surface area contributed by atoms with Gasteiger partial charge in [0.1, 0.15) is 6.61 Å². The van der Waals surface area contributed by atoms with E-state index in [1.807, 2.05) is 18.2 Å². The first kappa shape index (κ1) is 51.5. The second kappa shape index (κ2) is 41.7. The van der Waals surface area contributed by atoms with Crippen LogP contribution in [0.25, 0.3) is 0 Å². The Hall–Kier alpha value is -2.48. The molecule has 0 fully saturated rings. The van der Waals surface area contributed by atoms with Gasteiger partial charge < -0.3 is 20.1 Å². The van der Waals surface area contributed by atoms with Gasteiger partial charge in [0.05, 0.1) is 19.5 Å². The summed E-state index contributed by atoms with van der Waals surface area (Å²) in [6, 6.07) is 0. The summed E-state index contributed by atoms with van der Waals surface area (Å²) < 4.78 is 33.1. The SMILES string of the molecule is CCC=CCC=CCC=CCC=CCC=CCC=CCCC(=O)OCC(COP(=O)(O)OCCN)OC=CCCCCCCCCCCCCCCCC. The number of carbonyl (C=O) groups excluding carboxylic acids is 1. The van der Waals surface area contributed by atoms with Gasteiger partial charge in [-0.1, -0.05) is 170 Å². The molecule has 0 aliphatic heterocycles. The van der Waals surface area contributed by atoms with Crippen LogP contribution in [0.4, 0.5) is 0 Å². The van der Waals surface area contributed by atoms with Crippen molar-refractivity contribution >= 4 is 13.8 Å². The fourth-order valence-corrected chi connectivity index (χ4v) is 6.06. The average molecular weight is 776 g/mol. The predicted molar refractivity (Wildman–Crippen MR) is 228 cm³/mol. The van der Waals surface area contributed by atoms with E-state index in [1.165, 1.54) is 83.5 Å². The third-order valence-electron chi connectivity index (χ3n) is 8.43. The Kier molecular flexibility index (Phi) is 39.8. The maximum absolute atomic E-state index is 12.4. The number of hydrogen-bond donors (Lipinski definition) is 2. The molecule has 54 heavy (non-hydrogen) atoms. The Labute approximate surface area is 330 Å². The molecule has 2 unspecified atom stereocenters. The summed E-state index contributed by atoms with van der Waals surface area (Å²) in [7, 11) is -4.29. The summed E-state index contributed by atoms with van der Waals surface area (Å²) in [5, 5.41) is 0. The van der Waals surface area contributed by atoms with Crippen molar-refractivity contribution in [2.75, 3.05) is 26.4 Å². The molecule has 3 N–H and O–H groups in total. The molecule has 0 aliphatic carbocycles. The number of phosphoric ester groups is 1. The van der Waals surface area contributed by atoms with Crippen LogP contribution in [-0.2, 0) is 27.9 Å². The number of nitrogens with two attached hydrogens (primary N) is 1. The summed E-state index contributed by atoms with van der Waals surface area (Å²) in [6.07, 6.45) is 54.3. The van der Waals surface area contributed by atoms with Crippen LogP contribution in [0.5, 0.6) is 0 Å². The third-order valence-corrected chi connectivity index (χ3v) is 9.41. The van der Waals surface area contributed by atoms with Crippen LogP contribution < -0.4 is 5.73 Å². The molecule has 0 amide bonds. The summed E-state index contributed by atoms with van der Waals surface area (Å²) in [5.74, 6) is -0.374. The molecule has 310 valence electrons. The maximum Gasteiger partial charge on any atom is 0.472 e. The van der Waals surface area contributed by atoms with Gasteiger partial charge in [-0.2, -0.15) is 0 Å². The highest BCUT2D eigenvalue weighted by atomic mass is 31.2. The van der Waals surface area contributed by atoms with E-state index in [1.54, 1.807) is 6.26 Å². The van der Waals surface area contributed by atoms with Crippen molar-refractivity contribution in [2.24, 2.45) is 5.73 Å². The zero-order valence-electron chi connectivity index (χ0n) is 34.2. The van der Waals surface area contributed by atoms with Crippen molar-refractivity contribution in [3.05, 3.63) is 85.3 Å². The molecule has 0 saturated heterocycles. The molecule has 8 nitrogen and oxygen atoms in total. The monoisotopic (exact) mass is 776 g/mol. The quantitative estimate of drug-likeness (QED) is 0.0208. The zero-order valence-corrected chi connectivity index (χ0v) is 35.1. The fraction of sp³-hybridized carbons (Fsp3) is 0.667. The van der Waals surface area contributed by atoms with Crippen molar-refractivity contribution in [3.63, 3.8) is 0 Å². The van der Waals surface area contributed by atoms with E-state index < -0.39 is 13.9 Å². The van der Waals surface area contributed by atoms with Gasteiger partial charge in [-0.3, -0.25) is 13.8 Å². The molecule has 0 aromatic carbocycles. The van der Waals surface area contributed by atoms with Crippen LogP contribution in [0.15, 0.2) is 85.3 Å². The molecule has 0 rings (SSSR count). The maximum atomic E-state index is 12.4. The Morgan fingerprint density at radius 1 is 0.593 bits per heavy atom. The first-order chi connectivity index (χ1) is 26.4. The Morgan fingerprint density at radius 3 is 1.54 bits per heavy atom. The molecular weight excluding hydrogens is 697 g/mol. The van der Waals surface area contributed by atoms with Gasteiger partial charge in [0.2, 0.25) is 0 Å². The van der Waals surface area contributed by atoms with Gasteiger partial charge in [-0.15, -0.1) is 0 Å². The van der Waals surface area contributed by atoms with E-state index in [2.05, 4.69) is 74.6 Å². The number of rotatable bonds is 39. The summed E-state index contributed by atoms with van der Waals surface area (Å²) in [5.41, 5.74) is 5.36. The van der Waals surface area contributed by atoms with Crippen LogP contribution in [0.1, 0.15) is 162 Å². The van der Waals surface area contributed by atoms with Gasteiger partial charge in [0, 0.05) is 13.0 Å². The van der Waals surface area contributed by atoms with Gasteiger partial charge in [-0.05, 0) is 63.9 Å². The Bertz CT molecular complexity index is 1100. The van der Waals surface area contributed by atoms with Gasteiger partial charge in [0.25, 0.3) is 0 Å². The lowest BCUT2D eigenvalue weighted by Gasteiger charge is -2.19. The van der Waals surface area contributed by atoms with Crippen molar-refractivity contribution in [2.45, 2.75) is 168 Å². The second-order valence-corrected chi connectivity index (χ2v) is 15.0.